The van der Waals surface area contributed by atoms with Crippen LogP contribution in [0.5, 0.6) is 0 Å². The van der Waals surface area contributed by atoms with E-state index >= 15 is 0 Å². The summed E-state index contributed by atoms with van der Waals surface area (Å²) in [6.07, 6.45) is 0. The first-order valence-electron chi connectivity index (χ1n) is 6.11. The molecule has 0 fully saturated rings. The number of nitrogens with zero attached hydrogens (tertiary/aromatic N) is 1. The van der Waals surface area contributed by atoms with Gasteiger partial charge < -0.3 is 4.90 Å². The number of hydrogen-bond acceptors (Lipinski definition) is 1. The van der Waals surface area contributed by atoms with E-state index in [-0.39, 0.29) is 0 Å². The van der Waals surface area contributed by atoms with Crippen molar-refractivity contribution in [2.75, 3.05) is 11.9 Å². The molecule has 0 bridgehead atoms. The zero-order valence-electron chi connectivity index (χ0n) is 10.9. The van der Waals surface area contributed by atoms with Crippen molar-refractivity contribution in [3.05, 3.63) is 65.2 Å². The molecule has 94 valence electrons. The monoisotopic (exact) mass is 259 g/mol. The highest BCUT2D eigenvalue weighted by molar-refractivity contribution is 6.17. The second-order valence-corrected chi connectivity index (χ2v) is 4.85. The Morgan fingerprint density at radius 1 is 1.00 bits per heavy atom. The molecule has 0 saturated heterocycles. The number of aryl methyl sites for hydroxylation is 1. The number of alkyl halides is 1. The lowest BCUT2D eigenvalue weighted by Gasteiger charge is -2.20. The third-order valence-corrected chi connectivity index (χ3v) is 3.51. The second-order valence-electron chi connectivity index (χ2n) is 4.58. The van der Waals surface area contributed by atoms with E-state index in [1.807, 2.05) is 0 Å². The molecule has 2 heteroatoms. The molecule has 2 rings (SSSR count). The van der Waals surface area contributed by atoms with Gasteiger partial charge in [0.2, 0.25) is 0 Å². The SMILES string of the molecule is Cc1ccccc1CN(C)c1ccc(CCl)cc1. The first-order chi connectivity index (χ1) is 8.70. The molecule has 0 aliphatic heterocycles. The average Bonchev–Trinajstić information content (AvgIpc) is 2.41. The van der Waals surface area contributed by atoms with Gasteiger partial charge in [-0.2, -0.15) is 0 Å². The Morgan fingerprint density at radius 2 is 1.67 bits per heavy atom. The van der Waals surface area contributed by atoms with E-state index in [1.165, 1.54) is 16.8 Å². The van der Waals surface area contributed by atoms with Gasteiger partial charge in [-0.3, -0.25) is 0 Å². The summed E-state index contributed by atoms with van der Waals surface area (Å²) in [6, 6.07) is 16.9. The maximum Gasteiger partial charge on any atom is 0.0474 e. The Bertz CT molecular complexity index is 505. The van der Waals surface area contributed by atoms with E-state index in [1.54, 1.807) is 0 Å². The minimum atomic E-state index is 0.571. The molecule has 0 heterocycles. The summed E-state index contributed by atoms with van der Waals surface area (Å²) in [5.74, 6) is 0.571. The molecular weight excluding hydrogens is 242 g/mol. The normalized spacial score (nSPS) is 10.4. The van der Waals surface area contributed by atoms with Crippen LogP contribution in [0.25, 0.3) is 0 Å². The van der Waals surface area contributed by atoms with Crippen molar-refractivity contribution in [3.8, 4) is 0 Å². The van der Waals surface area contributed by atoms with Crippen molar-refractivity contribution < 1.29 is 0 Å². The summed E-state index contributed by atoms with van der Waals surface area (Å²) in [5.41, 5.74) is 5.07. The molecule has 0 spiro atoms. The van der Waals surface area contributed by atoms with Crippen LogP contribution in [0.2, 0.25) is 0 Å². The zero-order chi connectivity index (χ0) is 13.0. The highest BCUT2D eigenvalue weighted by atomic mass is 35.5. The smallest absolute Gasteiger partial charge is 0.0474 e. The second kappa shape index (κ2) is 5.92. The van der Waals surface area contributed by atoms with Gasteiger partial charge in [0.15, 0.2) is 0 Å². The van der Waals surface area contributed by atoms with Crippen LogP contribution >= 0.6 is 11.6 Å². The molecule has 0 aromatic heterocycles. The topological polar surface area (TPSA) is 3.24 Å². The molecule has 1 nitrogen and oxygen atoms in total. The van der Waals surface area contributed by atoms with Crippen LogP contribution in [-0.2, 0) is 12.4 Å². The van der Waals surface area contributed by atoms with Crippen molar-refractivity contribution in [2.45, 2.75) is 19.3 Å². The predicted molar refractivity (Wildman–Crippen MR) is 79.3 cm³/mol. The fourth-order valence-corrected chi connectivity index (χ4v) is 2.15. The summed E-state index contributed by atoms with van der Waals surface area (Å²) in [7, 11) is 2.11. The van der Waals surface area contributed by atoms with Crippen LogP contribution in [-0.4, -0.2) is 7.05 Å². The standard InChI is InChI=1S/C16H18ClN/c1-13-5-3-4-6-15(13)12-18(2)16-9-7-14(11-17)8-10-16/h3-10H,11-12H2,1-2H3. The van der Waals surface area contributed by atoms with Crippen molar-refractivity contribution >= 4 is 17.3 Å². The lowest BCUT2D eigenvalue weighted by Crippen LogP contribution is -2.16. The third kappa shape index (κ3) is 3.05. The van der Waals surface area contributed by atoms with Crippen molar-refractivity contribution in [1.29, 1.82) is 0 Å². The van der Waals surface area contributed by atoms with E-state index in [9.17, 15) is 0 Å². The Balaban J connectivity index is 2.11. The van der Waals surface area contributed by atoms with Crippen molar-refractivity contribution in [1.82, 2.24) is 0 Å². The zero-order valence-corrected chi connectivity index (χ0v) is 11.6. The highest BCUT2D eigenvalue weighted by Gasteiger charge is 2.04. The average molecular weight is 260 g/mol. The Hall–Kier alpha value is -1.47. The molecule has 0 atom stereocenters. The number of halogens is 1. The minimum absolute atomic E-state index is 0.571. The number of anilines is 1. The van der Waals surface area contributed by atoms with Gasteiger partial charge in [-0.25, -0.2) is 0 Å². The predicted octanol–water partition coefficient (Wildman–Crippen LogP) is 4.37. The molecule has 0 amide bonds. The molecule has 0 saturated carbocycles. The van der Waals surface area contributed by atoms with Gasteiger partial charge in [-0.1, -0.05) is 36.4 Å². The van der Waals surface area contributed by atoms with Gasteiger partial charge in [0, 0.05) is 25.2 Å². The van der Waals surface area contributed by atoms with Crippen molar-refractivity contribution in [3.63, 3.8) is 0 Å². The van der Waals surface area contributed by atoms with Gasteiger partial charge in [0.05, 0.1) is 0 Å². The number of rotatable bonds is 4. The van der Waals surface area contributed by atoms with Gasteiger partial charge in [0.25, 0.3) is 0 Å². The quantitative estimate of drug-likeness (QED) is 0.737. The third-order valence-electron chi connectivity index (χ3n) is 3.20. The van der Waals surface area contributed by atoms with Crippen LogP contribution in [0.4, 0.5) is 5.69 Å². The van der Waals surface area contributed by atoms with E-state index < -0.39 is 0 Å². The molecule has 2 aromatic carbocycles. The summed E-state index contributed by atoms with van der Waals surface area (Å²) in [5, 5.41) is 0. The molecule has 0 N–H and O–H groups in total. The first kappa shape index (κ1) is 13.0. The summed E-state index contributed by atoms with van der Waals surface area (Å²) >= 11 is 5.80. The largest absolute Gasteiger partial charge is 0.370 e. The van der Waals surface area contributed by atoms with Gasteiger partial charge in [0.1, 0.15) is 0 Å². The fourth-order valence-electron chi connectivity index (χ4n) is 1.97. The Morgan fingerprint density at radius 3 is 2.28 bits per heavy atom. The molecule has 2 aromatic rings. The van der Waals surface area contributed by atoms with Crippen LogP contribution in [0, 0.1) is 6.92 Å². The molecule has 0 aliphatic rings. The maximum absolute atomic E-state index is 5.80. The Kier molecular flexibility index (Phi) is 4.27. The van der Waals surface area contributed by atoms with Crippen LogP contribution in [0.1, 0.15) is 16.7 Å². The fraction of sp³-hybridized carbons (Fsp3) is 0.250. The molecule has 0 radical (unpaired) electrons. The summed E-state index contributed by atoms with van der Waals surface area (Å²) < 4.78 is 0. The maximum atomic E-state index is 5.80. The van der Waals surface area contributed by atoms with Crippen LogP contribution in [0.3, 0.4) is 0 Å². The van der Waals surface area contributed by atoms with Gasteiger partial charge in [-0.05, 0) is 35.7 Å². The highest BCUT2D eigenvalue weighted by Crippen LogP contribution is 2.18. The van der Waals surface area contributed by atoms with E-state index in [2.05, 4.69) is 67.4 Å². The minimum Gasteiger partial charge on any atom is -0.370 e. The van der Waals surface area contributed by atoms with Gasteiger partial charge in [-0.15, -0.1) is 11.6 Å². The van der Waals surface area contributed by atoms with Crippen LogP contribution in [0.15, 0.2) is 48.5 Å². The molecular formula is C16H18ClN. The first-order valence-corrected chi connectivity index (χ1v) is 6.64. The molecule has 0 aliphatic carbocycles. The lowest BCUT2D eigenvalue weighted by atomic mass is 10.1. The van der Waals surface area contributed by atoms with Crippen LogP contribution < -0.4 is 4.90 Å². The molecule has 0 unspecified atom stereocenters. The van der Waals surface area contributed by atoms with E-state index in [4.69, 9.17) is 11.6 Å². The number of hydrogen-bond donors (Lipinski definition) is 0. The summed E-state index contributed by atoms with van der Waals surface area (Å²) in [4.78, 5) is 2.25. The van der Waals surface area contributed by atoms with Crippen molar-refractivity contribution in [2.24, 2.45) is 0 Å². The molecule has 18 heavy (non-hydrogen) atoms. The van der Waals surface area contributed by atoms with E-state index in [0.29, 0.717) is 5.88 Å². The van der Waals surface area contributed by atoms with Gasteiger partial charge >= 0.3 is 0 Å². The lowest BCUT2D eigenvalue weighted by molar-refractivity contribution is 0.914. The summed E-state index contributed by atoms with van der Waals surface area (Å²) in [6.45, 7) is 3.08. The number of benzene rings is 2. The van der Waals surface area contributed by atoms with E-state index in [0.717, 1.165) is 12.1 Å². The Labute approximate surface area is 114 Å².